The first-order valence-electron chi connectivity index (χ1n) is 7.53. The van der Waals surface area contributed by atoms with Crippen LogP contribution in [0.15, 0.2) is 29.3 Å². The van der Waals surface area contributed by atoms with Crippen LogP contribution in [0.2, 0.25) is 0 Å². The standard InChI is InChI=1S/C16H17ClF3NO2/c17-14-9-21(12-5-7-13(22)8-6-12)23-15(14)10-1-3-11(4-2-10)16(18,19)20/h1-4,12-13,22H,5-9H2. The van der Waals surface area contributed by atoms with Crippen molar-refractivity contribution in [2.75, 3.05) is 6.54 Å². The summed E-state index contributed by atoms with van der Waals surface area (Å²) >= 11 is 6.23. The SMILES string of the molecule is OC1CCC(N2CC(Cl)=C(c3ccc(C(F)(F)F)cc3)O2)CC1. The van der Waals surface area contributed by atoms with E-state index in [0.29, 0.717) is 22.9 Å². The third-order valence-corrected chi connectivity index (χ3v) is 4.59. The molecule has 1 saturated carbocycles. The number of hydroxylamine groups is 2. The molecule has 0 unspecified atom stereocenters. The molecule has 126 valence electrons. The van der Waals surface area contributed by atoms with Crippen LogP contribution < -0.4 is 0 Å². The van der Waals surface area contributed by atoms with Crippen molar-refractivity contribution in [3.8, 4) is 0 Å². The summed E-state index contributed by atoms with van der Waals surface area (Å²) in [5.41, 5.74) is -0.171. The predicted molar refractivity (Wildman–Crippen MR) is 80.3 cm³/mol. The maximum Gasteiger partial charge on any atom is 0.416 e. The van der Waals surface area contributed by atoms with E-state index in [1.165, 1.54) is 12.1 Å². The molecule has 1 heterocycles. The molecule has 0 radical (unpaired) electrons. The second kappa shape index (κ2) is 6.34. The molecule has 0 amide bonds. The van der Waals surface area contributed by atoms with E-state index in [-0.39, 0.29) is 12.1 Å². The number of nitrogens with zero attached hydrogens (tertiary/aromatic N) is 1. The Morgan fingerprint density at radius 1 is 1.09 bits per heavy atom. The van der Waals surface area contributed by atoms with Crippen LogP contribution in [0, 0.1) is 0 Å². The molecule has 3 rings (SSSR count). The lowest BCUT2D eigenvalue weighted by molar-refractivity contribution is -0.137. The van der Waals surface area contributed by atoms with Crippen LogP contribution in [-0.4, -0.2) is 28.9 Å². The third kappa shape index (κ3) is 3.65. The van der Waals surface area contributed by atoms with Gasteiger partial charge >= 0.3 is 6.18 Å². The molecule has 0 aromatic heterocycles. The average molecular weight is 348 g/mol. The maximum atomic E-state index is 12.6. The van der Waals surface area contributed by atoms with Gasteiger partial charge in [0.15, 0.2) is 5.76 Å². The fourth-order valence-electron chi connectivity index (χ4n) is 2.98. The second-order valence-electron chi connectivity index (χ2n) is 5.94. The molecule has 1 aromatic rings. The molecule has 1 N–H and O–H groups in total. The summed E-state index contributed by atoms with van der Waals surface area (Å²) in [6.45, 7) is 0.415. The Morgan fingerprint density at radius 3 is 2.26 bits per heavy atom. The van der Waals surface area contributed by atoms with Crippen molar-refractivity contribution in [3.05, 3.63) is 40.4 Å². The Balaban J connectivity index is 1.70. The fourth-order valence-corrected chi connectivity index (χ4v) is 3.24. The lowest BCUT2D eigenvalue weighted by atomic mass is 9.93. The second-order valence-corrected chi connectivity index (χ2v) is 6.39. The summed E-state index contributed by atoms with van der Waals surface area (Å²) in [5, 5.41) is 11.8. The first-order valence-corrected chi connectivity index (χ1v) is 7.91. The molecule has 1 aromatic carbocycles. The molecular formula is C16H17ClF3NO2. The van der Waals surface area contributed by atoms with Gasteiger partial charge in [-0.15, -0.1) is 5.06 Å². The third-order valence-electron chi connectivity index (χ3n) is 4.30. The quantitative estimate of drug-likeness (QED) is 0.871. The van der Waals surface area contributed by atoms with Crippen LogP contribution in [0.4, 0.5) is 13.2 Å². The van der Waals surface area contributed by atoms with Gasteiger partial charge in [-0.2, -0.15) is 13.2 Å². The summed E-state index contributed by atoms with van der Waals surface area (Å²) in [5.74, 6) is 0.409. The number of halogens is 4. The van der Waals surface area contributed by atoms with Crippen molar-refractivity contribution in [2.24, 2.45) is 0 Å². The zero-order valence-corrected chi connectivity index (χ0v) is 13.1. The van der Waals surface area contributed by atoms with E-state index in [1.54, 1.807) is 5.06 Å². The summed E-state index contributed by atoms with van der Waals surface area (Å²) in [6.07, 6.45) is -1.55. The van der Waals surface area contributed by atoms with E-state index < -0.39 is 11.7 Å². The van der Waals surface area contributed by atoms with E-state index in [0.717, 1.165) is 37.8 Å². The van der Waals surface area contributed by atoms with Gasteiger partial charge < -0.3 is 9.94 Å². The van der Waals surface area contributed by atoms with E-state index in [1.807, 2.05) is 0 Å². The van der Waals surface area contributed by atoms with Gasteiger partial charge in [-0.25, -0.2) is 0 Å². The minimum absolute atomic E-state index is 0.166. The highest BCUT2D eigenvalue weighted by Gasteiger charge is 2.34. The highest BCUT2D eigenvalue weighted by atomic mass is 35.5. The normalized spacial score (nSPS) is 26.5. The first-order chi connectivity index (χ1) is 10.8. The molecule has 3 nitrogen and oxygen atoms in total. The van der Waals surface area contributed by atoms with Gasteiger partial charge in [0, 0.05) is 11.6 Å². The molecule has 1 fully saturated rings. The van der Waals surface area contributed by atoms with Crippen LogP contribution >= 0.6 is 11.6 Å². The lowest BCUT2D eigenvalue weighted by Crippen LogP contribution is -2.36. The van der Waals surface area contributed by atoms with Crippen molar-refractivity contribution in [2.45, 2.75) is 44.0 Å². The first kappa shape index (κ1) is 16.6. The Bertz CT molecular complexity index is 592. The van der Waals surface area contributed by atoms with E-state index in [4.69, 9.17) is 16.4 Å². The summed E-state index contributed by atoms with van der Waals surface area (Å²) < 4.78 is 37.8. The predicted octanol–water partition coefficient (Wildman–Crippen LogP) is 4.16. The fraction of sp³-hybridized carbons (Fsp3) is 0.500. The molecule has 0 saturated heterocycles. The molecule has 7 heteroatoms. The monoisotopic (exact) mass is 347 g/mol. The molecule has 1 aliphatic heterocycles. The minimum atomic E-state index is -4.36. The number of alkyl halides is 3. The van der Waals surface area contributed by atoms with E-state index in [2.05, 4.69) is 0 Å². The number of benzene rings is 1. The lowest BCUT2D eigenvalue weighted by Gasteiger charge is -2.31. The van der Waals surface area contributed by atoms with Gasteiger partial charge in [-0.1, -0.05) is 23.7 Å². The van der Waals surface area contributed by atoms with Crippen molar-refractivity contribution < 1.29 is 23.1 Å². The molecular weight excluding hydrogens is 331 g/mol. The largest absolute Gasteiger partial charge is 0.416 e. The topological polar surface area (TPSA) is 32.7 Å². The van der Waals surface area contributed by atoms with Crippen LogP contribution in [0.3, 0.4) is 0 Å². The van der Waals surface area contributed by atoms with Crippen LogP contribution in [0.5, 0.6) is 0 Å². The smallest absolute Gasteiger partial charge is 0.403 e. The van der Waals surface area contributed by atoms with Crippen LogP contribution in [-0.2, 0) is 11.0 Å². The van der Waals surface area contributed by atoms with Crippen molar-refractivity contribution in [1.82, 2.24) is 5.06 Å². The Morgan fingerprint density at radius 2 is 1.70 bits per heavy atom. The maximum absolute atomic E-state index is 12.6. The molecule has 1 aliphatic carbocycles. The molecule has 23 heavy (non-hydrogen) atoms. The molecule has 0 bridgehead atoms. The van der Waals surface area contributed by atoms with Gasteiger partial charge in [0.1, 0.15) is 0 Å². The van der Waals surface area contributed by atoms with E-state index in [9.17, 15) is 18.3 Å². The number of aliphatic hydroxyl groups excluding tert-OH is 1. The average Bonchev–Trinajstić information content (AvgIpc) is 2.89. The van der Waals surface area contributed by atoms with Crippen molar-refractivity contribution in [1.29, 1.82) is 0 Å². The highest BCUT2D eigenvalue weighted by Crippen LogP contribution is 2.36. The van der Waals surface area contributed by atoms with Crippen molar-refractivity contribution in [3.63, 3.8) is 0 Å². The summed E-state index contributed by atoms with van der Waals surface area (Å²) in [4.78, 5) is 5.78. The molecule has 2 aliphatic rings. The van der Waals surface area contributed by atoms with Gasteiger partial charge in [0.05, 0.1) is 23.2 Å². The van der Waals surface area contributed by atoms with Crippen LogP contribution in [0.25, 0.3) is 5.76 Å². The molecule has 0 atom stereocenters. The van der Waals surface area contributed by atoms with E-state index >= 15 is 0 Å². The summed E-state index contributed by atoms with van der Waals surface area (Å²) in [7, 11) is 0. The number of hydrogen-bond acceptors (Lipinski definition) is 3. The van der Waals surface area contributed by atoms with Gasteiger partial charge in [0.2, 0.25) is 0 Å². The number of rotatable bonds is 2. The number of aliphatic hydroxyl groups is 1. The Labute approximate surface area is 137 Å². The minimum Gasteiger partial charge on any atom is -0.403 e. The van der Waals surface area contributed by atoms with Crippen molar-refractivity contribution >= 4 is 17.4 Å². The van der Waals surface area contributed by atoms with Gasteiger partial charge in [-0.3, -0.25) is 0 Å². The summed E-state index contributed by atoms with van der Waals surface area (Å²) in [6, 6.07) is 4.95. The molecule has 0 spiro atoms. The van der Waals surface area contributed by atoms with Crippen LogP contribution in [0.1, 0.15) is 36.8 Å². The van der Waals surface area contributed by atoms with Gasteiger partial charge in [0.25, 0.3) is 0 Å². The Hall–Kier alpha value is -1.24. The highest BCUT2D eigenvalue weighted by molar-refractivity contribution is 6.32. The zero-order chi connectivity index (χ0) is 16.6. The number of hydrogen-bond donors (Lipinski definition) is 1. The van der Waals surface area contributed by atoms with Gasteiger partial charge in [-0.05, 0) is 37.8 Å². The zero-order valence-electron chi connectivity index (χ0n) is 12.3. The Kier molecular flexibility index (Phi) is 4.58.